The van der Waals surface area contributed by atoms with Gasteiger partial charge in [-0.1, -0.05) is 29.3 Å². The van der Waals surface area contributed by atoms with Gasteiger partial charge in [-0.15, -0.1) is 0 Å². The number of hydrogen-bond donors (Lipinski definition) is 0. The lowest BCUT2D eigenvalue weighted by atomic mass is 10.4. The predicted molar refractivity (Wildman–Crippen MR) is 56.2 cm³/mol. The van der Waals surface area contributed by atoms with Crippen molar-refractivity contribution in [1.29, 1.82) is 0 Å². The van der Waals surface area contributed by atoms with E-state index in [9.17, 15) is 4.79 Å². The van der Waals surface area contributed by atoms with Crippen LogP contribution in [0, 0.1) is 0 Å². The largest absolute Gasteiger partial charge is 0.351 e. The molecule has 0 aliphatic heterocycles. The third kappa shape index (κ3) is 7.62. The first-order valence-electron chi connectivity index (χ1n) is 3.59. The van der Waals surface area contributed by atoms with Gasteiger partial charge in [-0.05, 0) is 18.2 Å². The van der Waals surface area contributed by atoms with Crippen LogP contribution in [-0.2, 0) is 4.79 Å². The highest BCUT2D eigenvalue weighted by Crippen LogP contribution is 2.13. The van der Waals surface area contributed by atoms with Gasteiger partial charge in [-0.3, -0.25) is 4.79 Å². The fourth-order valence-corrected chi connectivity index (χ4v) is 0.896. The highest BCUT2D eigenvalue weighted by Gasteiger charge is 1.84. The van der Waals surface area contributed by atoms with Gasteiger partial charge in [0.15, 0.2) is 0 Å². The lowest BCUT2D eigenvalue weighted by Crippen LogP contribution is -2.06. The summed E-state index contributed by atoms with van der Waals surface area (Å²) in [5, 5.41) is 1.36. The third-order valence-corrected chi connectivity index (χ3v) is 1.47. The van der Waals surface area contributed by atoms with E-state index in [2.05, 4.69) is 0 Å². The Morgan fingerprint density at radius 3 is 1.77 bits per heavy atom. The minimum absolute atomic E-state index is 0.678. The summed E-state index contributed by atoms with van der Waals surface area (Å²) in [4.78, 5) is 10.9. The molecule has 0 aliphatic rings. The Hall–Kier alpha value is -0.730. The molecule has 0 aliphatic carbocycles. The van der Waals surface area contributed by atoms with E-state index < -0.39 is 0 Å². The highest BCUT2D eigenvalue weighted by atomic mass is 35.5. The Morgan fingerprint density at radius 2 is 1.62 bits per heavy atom. The summed E-state index contributed by atoms with van der Waals surface area (Å²) in [5.41, 5.74) is 0. The maximum atomic E-state index is 9.43. The zero-order valence-corrected chi connectivity index (χ0v) is 9.01. The van der Waals surface area contributed by atoms with Crippen LogP contribution in [0.4, 0.5) is 0 Å². The van der Waals surface area contributed by atoms with E-state index in [1.54, 1.807) is 32.3 Å². The Morgan fingerprint density at radius 1 is 1.23 bits per heavy atom. The van der Waals surface area contributed by atoms with Crippen molar-refractivity contribution in [3.63, 3.8) is 0 Å². The first kappa shape index (κ1) is 12.3. The Labute approximate surface area is 88.1 Å². The van der Waals surface area contributed by atoms with E-state index in [1.807, 2.05) is 6.07 Å². The molecule has 2 nitrogen and oxygen atoms in total. The topological polar surface area (TPSA) is 20.3 Å². The van der Waals surface area contributed by atoms with Crippen LogP contribution in [0.2, 0.25) is 10.0 Å². The lowest BCUT2D eigenvalue weighted by molar-refractivity contribution is -0.115. The first-order chi connectivity index (χ1) is 6.06. The fraction of sp³-hybridized carbons (Fsp3) is 0.222. The first-order valence-corrected chi connectivity index (χ1v) is 4.34. The molecule has 0 aromatic heterocycles. The molecule has 0 spiro atoms. The average Bonchev–Trinajstić information content (AvgIpc) is 2.05. The molecule has 4 heteroatoms. The smallest absolute Gasteiger partial charge is 0.209 e. The molecule has 1 amide bonds. The molecule has 0 radical (unpaired) electrons. The summed E-state index contributed by atoms with van der Waals surface area (Å²) in [6.45, 7) is 0. The number of hydrogen-bond acceptors (Lipinski definition) is 1. The van der Waals surface area contributed by atoms with Crippen molar-refractivity contribution in [2.75, 3.05) is 14.1 Å². The quantitative estimate of drug-likeness (QED) is 0.666. The summed E-state index contributed by atoms with van der Waals surface area (Å²) in [5.74, 6) is 0. The Balaban J connectivity index is 0.000000252. The van der Waals surface area contributed by atoms with E-state index in [0.717, 1.165) is 6.41 Å². The molecule has 72 valence electrons. The second-order valence-electron chi connectivity index (χ2n) is 2.51. The van der Waals surface area contributed by atoms with Gasteiger partial charge >= 0.3 is 0 Å². The molecule has 0 atom stereocenters. The van der Waals surface area contributed by atoms with Gasteiger partial charge in [0, 0.05) is 24.1 Å². The van der Waals surface area contributed by atoms with Crippen LogP contribution in [0.25, 0.3) is 0 Å². The van der Waals surface area contributed by atoms with Gasteiger partial charge in [-0.25, -0.2) is 0 Å². The summed E-state index contributed by atoms with van der Waals surface area (Å²) in [6.07, 6.45) is 0.750. The van der Waals surface area contributed by atoms with Gasteiger partial charge in [0.2, 0.25) is 6.41 Å². The van der Waals surface area contributed by atoms with Crippen LogP contribution in [0.1, 0.15) is 0 Å². The number of carbonyl (C=O) groups is 1. The van der Waals surface area contributed by atoms with E-state index in [4.69, 9.17) is 23.2 Å². The SMILES string of the molecule is CN(C)C=O.Clc1cccc(Cl)c1. The minimum Gasteiger partial charge on any atom is -0.351 e. The van der Waals surface area contributed by atoms with E-state index in [1.165, 1.54) is 4.90 Å². The van der Waals surface area contributed by atoms with Crippen molar-refractivity contribution in [3.8, 4) is 0 Å². The Bertz CT molecular complexity index is 246. The van der Waals surface area contributed by atoms with Crippen molar-refractivity contribution in [1.82, 2.24) is 4.90 Å². The number of nitrogens with zero attached hydrogens (tertiary/aromatic N) is 1. The number of carbonyl (C=O) groups excluding carboxylic acids is 1. The third-order valence-electron chi connectivity index (χ3n) is 0.997. The number of halogens is 2. The molecule has 0 unspecified atom stereocenters. The molecule has 0 N–H and O–H groups in total. The van der Waals surface area contributed by atoms with Crippen LogP contribution in [-0.4, -0.2) is 25.4 Å². The zero-order chi connectivity index (χ0) is 10.3. The van der Waals surface area contributed by atoms with Crippen LogP contribution < -0.4 is 0 Å². The summed E-state index contributed by atoms with van der Waals surface area (Å²) in [6, 6.07) is 7.08. The number of rotatable bonds is 1. The monoisotopic (exact) mass is 219 g/mol. The van der Waals surface area contributed by atoms with E-state index in [0.29, 0.717) is 10.0 Å². The maximum absolute atomic E-state index is 9.43. The normalized spacial score (nSPS) is 8.31. The molecule has 13 heavy (non-hydrogen) atoms. The maximum Gasteiger partial charge on any atom is 0.209 e. The van der Waals surface area contributed by atoms with Crippen molar-refractivity contribution in [2.24, 2.45) is 0 Å². The summed E-state index contributed by atoms with van der Waals surface area (Å²) < 4.78 is 0. The van der Waals surface area contributed by atoms with Crippen molar-refractivity contribution in [2.45, 2.75) is 0 Å². The number of benzene rings is 1. The van der Waals surface area contributed by atoms with Crippen LogP contribution >= 0.6 is 23.2 Å². The minimum atomic E-state index is 0.678. The van der Waals surface area contributed by atoms with Crippen LogP contribution in [0.5, 0.6) is 0 Å². The van der Waals surface area contributed by atoms with Crippen molar-refractivity contribution >= 4 is 29.6 Å². The van der Waals surface area contributed by atoms with Gasteiger partial charge in [0.1, 0.15) is 0 Å². The molecule has 0 heterocycles. The van der Waals surface area contributed by atoms with Crippen molar-refractivity contribution < 1.29 is 4.79 Å². The molecule has 0 saturated carbocycles. The van der Waals surface area contributed by atoms with E-state index in [-0.39, 0.29) is 0 Å². The van der Waals surface area contributed by atoms with Gasteiger partial charge in [0.05, 0.1) is 0 Å². The summed E-state index contributed by atoms with van der Waals surface area (Å²) >= 11 is 11.1. The molecule has 1 aromatic carbocycles. The summed E-state index contributed by atoms with van der Waals surface area (Å²) in [7, 11) is 3.38. The zero-order valence-electron chi connectivity index (χ0n) is 7.50. The van der Waals surface area contributed by atoms with E-state index >= 15 is 0 Å². The van der Waals surface area contributed by atoms with Crippen LogP contribution in [0.15, 0.2) is 24.3 Å². The molecule has 0 fully saturated rings. The number of amides is 1. The lowest BCUT2D eigenvalue weighted by Gasteiger charge is -1.93. The van der Waals surface area contributed by atoms with Gasteiger partial charge < -0.3 is 4.90 Å². The molecule has 1 aromatic rings. The van der Waals surface area contributed by atoms with Gasteiger partial charge in [-0.2, -0.15) is 0 Å². The average molecular weight is 220 g/mol. The predicted octanol–water partition coefficient (Wildman–Crippen LogP) is 2.70. The van der Waals surface area contributed by atoms with Crippen LogP contribution in [0.3, 0.4) is 0 Å². The molecular formula is C9H11Cl2NO. The second-order valence-corrected chi connectivity index (χ2v) is 3.38. The Kier molecular flexibility index (Phi) is 6.37. The molecule has 0 bridgehead atoms. The fourth-order valence-electron chi connectivity index (χ4n) is 0.460. The molecular weight excluding hydrogens is 209 g/mol. The standard InChI is InChI=1S/C6H4Cl2.C3H7NO/c7-5-2-1-3-6(8)4-5;1-4(2)3-5/h1-4H;3H,1-2H3. The van der Waals surface area contributed by atoms with Gasteiger partial charge in [0.25, 0.3) is 0 Å². The molecule has 1 rings (SSSR count). The highest BCUT2D eigenvalue weighted by molar-refractivity contribution is 6.34. The van der Waals surface area contributed by atoms with Crippen molar-refractivity contribution in [3.05, 3.63) is 34.3 Å². The second kappa shape index (κ2) is 6.75. The molecule has 0 saturated heterocycles.